The predicted molar refractivity (Wildman–Crippen MR) is 116 cm³/mol. The highest BCUT2D eigenvalue weighted by Crippen LogP contribution is 2.27. The minimum absolute atomic E-state index is 0.00711. The number of aryl methyl sites for hydroxylation is 1. The van der Waals surface area contributed by atoms with Crippen LogP contribution in [0.2, 0.25) is 0 Å². The number of thioether (sulfide) groups is 1. The number of nitro groups is 1. The Balaban J connectivity index is 1.95. The Labute approximate surface area is 174 Å². The molecule has 0 aliphatic rings. The lowest BCUT2D eigenvalue weighted by atomic mass is 10.2. The van der Waals surface area contributed by atoms with Crippen LogP contribution in [0.4, 0.5) is 17.1 Å². The van der Waals surface area contributed by atoms with E-state index in [1.54, 1.807) is 19.9 Å². The molecule has 1 atom stereocenters. The third-order valence-corrected chi connectivity index (χ3v) is 5.38. The number of nitrogens with one attached hydrogen (secondary N) is 2. The first-order valence-corrected chi connectivity index (χ1v) is 10.3. The summed E-state index contributed by atoms with van der Waals surface area (Å²) in [6.07, 6.45) is 2.33. The van der Waals surface area contributed by atoms with Crippen LogP contribution in [0.15, 0.2) is 47.4 Å². The van der Waals surface area contributed by atoms with Crippen molar-refractivity contribution in [1.82, 2.24) is 0 Å². The lowest BCUT2D eigenvalue weighted by Gasteiger charge is -2.14. The first-order valence-electron chi connectivity index (χ1n) is 9.42. The molecule has 0 spiro atoms. The van der Waals surface area contributed by atoms with Gasteiger partial charge in [0.2, 0.25) is 11.8 Å². The average molecular weight is 416 g/mol. The zero-order valence-electron chi connectivity index (χ0n) is 16.7. The van der Waals surface area contributed by atoms with Gasteiger partial charge in [0.25, 0.3) is 5.69 Å². The van der Waals surface area contributed by atoms with E-state index in [2.05, 4.69) is 10.6 Å². The first-order chi connectivity index (χ1) is 13.8. The molecule has 2 N–H and O–H groups in total. The SMILES string of the molecule is CCCCC(=O)Nc1ccc(SC(C)C(=O)Nc2cc([N+](=O)[O-])ccc2C)cc1. The molecular formula is C21H25N3O4S. The summed E-state index contributed by atoms with van der Waals surface area (Å²) in [5.41, 5.74) is 1.84. The van der Waals surface area contributed by atoms with E-state index in [1.165, 1.54) is 23.9 Å². The van der Waals surface area contributed by atoms with Crippen LogP contribution in [0.1, 0.15) is 38.7 Å². The second-order valence-corrected chi connectivity index (χ2v) is 8.10. The summed E-state index contributed by atoms with van der Waals surface area (Å²) in [5.74, 6) is -0.247. The molecule has 2 aromatic rings. The largest absolute Gasteiger partial charge is 0.326 e. The summed E-state index contributed by atoms with van der Waals surface area (Å²) < 4.78 is 0. The van der Waals surface area contributed by atoms with Crippen molar-refractivity contribution >= 4 is 40.6 Å². The molecule has 0 radical (unpaired) electrons. The molecule has 2 amide bonds. The van der Waals surface area contributed by atoms with E-state index in [-0.39, 0.29) is 17.5 Å². The zero-order valence-corrected chi connectivity index (χ0v) is 17.5. The van der Waals surface area contributed by atoms with E-state index in [9.17, 15) is 19.7 Å². The molecule has 0 aliphatic heterocycles. The normalized spacial score (nSPS) is 11.6. The van der Waals surface area contributed by atoms with E-state index in [1.807, 2.05) is 31.2 Å². The summed E-state index contributed by atoms with van der Waals surface area (Å²) in [6, 6.07) is 11.7. The number of amides is 2. The van der Waals surface area contributed by atoms with Gasteiger partial charge >= 0.3 is 0 Å². The zero-order chi connectivity index (χ0) is 21.4. The van der Waals surface area contributed by atoms with Gasteiger partial charge in [-0.05, 0) is 50.1 Å². The lowest BCUT2D eigenvalue weighted by Crippen LogP contribution is -2.22. The van der Waals surface area contributed by atoms with Gasteiger partial charge in [0, 0.05) is 29.1 Å². The van der Waals surface area contributed by atoms with Crippen LogP contribution in [0, 0.1) is 17.0 Å². The van der Waals surface area contributed by atoms with E-state index in [0.717, 1.165) is 29.0 Å². The van der Waals surface area contributed by atoms with Crippen LogP contribution in [0.5, 0.6) is 0 Å². The number of rotatable bonds is 9. The molecule has 0 saturated heterocycles. The summed E-state index contributed by atoms with van der Waals surface area (Å²) in [5, 5.41) is 16.1. The average Bonchev–Trinajstić information content (AvgIpc) is 2.69. The Morgan fingerprint density at radius 2 is 1.83 bits per heavy atom. The number of hydrogen-bond acceptors (Lipinski definition) is 5. The Bertz CT molecular complexity index is 884. The summed E-state index contributed by atoms with van der Waals surface area (Å²) in [6.45, 7) is 5.59. The Hall–Kier alpha value is -2.87. The van der Waals surface area contributed by atoms with Crippen LogP contribution in [-0.2, 0) is 9.59 Å². The molecule has 0 saturated carbocycles. The van der Waals surface area contributed by atoms with Gasteiger partial charge in [0.05, 0.1) is 15.9 Å². The number of non-ortho nitro benzene ring substituents is 1. The highest BCUT2D eigenvalue weighted by atomic mass is 32.2. The Morgan fingerprint density at radius 1 is 1.14 bits per heavy atom. The molecule has 0 fully saturated rings. The van der Waals surface area contributed by atoms with E-state index in [4.69, 9.17) is 0 Å². The highest BCUT2D eigenvalue weighted by molar-refractivity contribution is 8.00. The summed E-state index contributed by atoms with van der Waals surface area (Å²) in [7, 11) is 0. The third kappa shape index (κ3) is 6.90. The van der Waals surface area contributed by atoms with Crippen LogP contribution in [0.3, 0.4) is 0 Å². The topological polar surface area (TPSA) is 101 Å². The maximum Gasteiger partial charge on any atom is 0.271 e. The minimum atomic E-state index is -0.490. The van der Waals surface area contributed by atoms with Crippen molar-refractivity contribution in [1.29, 1.82) is 0 Å². The van der Waals surface area contributed by atoms with E-state index in [0.29, 0.717) is 12.1 Å². The number of nitro benzene ring substituents is 1. The molecule has 0 aromatic heterocycles. The monoisotopic (exact) mass is 415 g/mol. The van der Waals surface area contributed by atoms with Crippen LogP contribution in [-0.4, -0.2) is 22.0 Å². The second-order valence-electron chi connectivity index (χ2n) is 6.68. The molecule has 0 heterocycles. The minimum Gasteiger partial charge on any atom is -0.326 e. The van der Waals surface area contributed by atoms with E-state index < -0.39 is 10.2 Å². The fourth-order valence-corrected chi connectivity index (χ4v) is 3.40. The number of benzene rings is 2. The number of hydrogen-bond donors (Lipinski definition) is 2. The van der Waals surface area contributed by atoms with Gasteiger partial charge in [0.15, 0.2) is 0 Å². The van der Waals surface area contributed by atoms with Gasteiger partial charge in [-0.1, -0.05) is 19.4 Å². The van der Waals surface area contributed by atoms with Crippen molar-refractivity contribution in [2.75, 3.05) is 10.6 Å². The Morgan fingerprint density at radius 3 is 2.45 bits per heavy atom. The number of carbonyl (C=O) groups excluding carboxylic acids is 2. The molecule has 1 unspecified atom stereocenters. The van der Waals surface area contributed by atoms with Gasteiger partial charge in [-0.25, -0.2) is 0 Å². The van der Waals surface area contributed by atoms with Gasteiger partial charge in [-0.2, -0.15) is 0 Å². The molecule has 0 aliphatic carbocycles. The maximum atomic E-state index is 12.5. The first kappa shape index (κ1) is 22.4. The highest BCUT2D eigenvalue weighted by Gasteiger charge is 2.17. The maximum absolute atomic E-state index is 12.5. The fourth-order valence-electron chi connectivity index (χ4n) is 2.53. The lowest BCUT2D eigenvalue weighted by molar-refractivity contribution is -0.384. The van der Waals surface area contributed by atoms with Crippen molar-refractivity contribution in [3.63, 3.8) is 0 Å². The van der Waals surface area contributed by atoms with Crippen LogP contribution < -0.4 is 10.6 Å². The van der Waals surface area contributed by atoms with Gasteiger partial charge in [-0.15, -0.1) is 11.8 Å². The predicted octanol–water partition coefficient (Wildman–Crippen LogP) is 5.15. The van der Waals surface area contributed by atoms with Crippen LogP contribution >= 0.6 is 11.8 Å². The van der Waals surface area contributed by atoms with Crippen molar-refractivity contribution in [2.45, 2.75) is 50.2 Å². The molecule has 8 heteroatoms. The molecule has 7 nitrogen and oxygen atoms in total. The fraction of sp³-hybridized carbons (Fsp3) is 0.333. The number of unbranched alkanes of at least 4 members (excludes halogenated alkanes) is 1. The van der Waals surface area contributed by atoms with E-state index >= 15 is 0 Å². The standard InChI is InChI=1S/C21H25N3O4S/c1-4-5-6-20(25)22-16-8-11-18(12-9-16)29-15(3)21(26)23-19-13-17(24(27)28)10-7-14(19)2/h7-13,15H,4-6H2,1-3H3,(H,22,25)(H,23,26). The van der Waals surface area contributed by atoms with Crippen molar-refractivity contribution < 1.29 is 14.5 Å². The van der Waals surface area contributed by atoms with Crippen molar-refractivity contribution in [3.05, 3.63) is 58.1 Å². The molecular weight excluding hydrogens is 390 g/mol. The van der Waals surface area contributed by atoms with Gasteiger partial charge in [-0.3, -0.25) is 19.7 Å². The van der Waals surface area contributed by atoms with Crippen LogP contribution in [0.25, 0.3) is 0 Å². The second kappa shape index (κ2) is 10.6. The number of anilines is 2. The summed E-state index contributed by atoms with van der Waals surface area (Å²) >= 11 is 1.37. The van der Waals surface area contributed by atoms with Gasteiger partial charge in [0.1, 0.15) is 0 Å². The molecule has 154 valence electrons. The third-order valence-electron chi connectivity index (χ3n) is 4.27. The molecule has 29 heavy (non-hydrogen) atoms. The number of carbonyl (C=O) groups is 2. The van der Waals surface area contributed by atoms with Gasteiger partial charge < -0.3 is 10.6 Å². The molecule has 2 rings (SSSR count). The van der Waals surface area contributed by atoms with Crippen molar-refractivity contribution in [3.8, 4) is 0 Å². The molecule has 2 aromatic carbocycles. The Kier molecular flexibility index (Phi) is 8.21. The number of nitrogens with zero attached hydrogens (tertiary/aromatic N) is 1. The summed E-state index contributed by atoms with van der Waals surface area (Å²) in [4.78, 5) is 35.6. The van der Waals surface area contributed by atoms with Crippen molar-refractivity contribution in [2.24, 2.45) is 0 Å². The molecule has 0 bridgehead atoms. The smallest absolute Gasteiger partial charge is 0.271 e. The quantitative estimate of drug-likeness (QED) is 0.335.